The molecule has 164 valence electrons. The van der Waals surface area contributed by atoms with Crippen LogP contribution in [-0.2, 0) is 17.8 Å². The van der Waals surface area contributed by atoms with Crippen LogP contribution in [0.15, 0.2) is 48.5 Å². The molecule has 31 heavy (non-hydrogen) atoms. The molecular formula is C25H31N3O3. The summed E-state index contributed by atoms with van der Waals surface area (Å²) >= 11 is 0. The lowest BCUT2D eigenvalue weighted by molar-refractivity contribution is -0.122. The average molecular weight is 422 g/mol. The van der Waals surface area contributed by atoms with Crippen molar-refractivity contribution < 1.29 is 14.3 Å². The third-order valence-corrected chi connectivity index (χ3v) is 5.70. The fourth-order valence-electron chi connectivity index (χ4n) is 3.84. The normalized spacial score (nSPS) is 13.3. The van der Waals surface area contributed by atoms with E-state index in [2.05, 4.69) is 22.0 Å². The topological polar surface area (TPSA) is 65.4 Å². The average Bonchev–Trinajstić information content (AvgIpc) is 3.59. The number of rotatable bonds is 12. The number of nitrogens with one attached hydrogen (secondary N) is 1. The monoisotopic (exact) mass is 421 g/mol. The summed E-state index contributed by atoms with van der Waals surface area (Å²) < 4.78 is 13.6. The lowest BCUT2D eigenvalue weighted by Crippen LogP contribution is -2.25. The number of hydrogen-bond donors (Lipinski definition) is 1. The fourth-order valence-corrected chi connectivity index (χ4v) is 3.84. The number of carbonyl (C=O) groups excluding carboxylic acids is 1. The molecule has 1 aliphatic carbocycles. The van der Waals surface area contributed by atoms with E-state index in [0.29, 0.717) is 6.61 Å². The van der Waals surface area contributed by atoms with Crippen molar-refractivity contribution in [1.29, 1.82) is 0 Å². The highest BCUT2D eigenvalue weighted by Gasteiger charge is 2.28. The Morgan fingerprint density at radius 1 is 1.06 bits per heavy atom. The smallest absolute Gasteiger partial charge is 0.223 e. The van der Waals surface area contributed by atoms with Gasteiger partial charge >= 0.3 is 0 Å². The number of methoxy groups -OCH3 is 1. The molecule has 1 N–H and O–H groups in total. The zero-order chi connectivity index (χ0) is 21.5. The molecule has 6 nitrogen and oxygen atoms in total. The lowest BCUT2D eigenvalue weighted by atomic mass is 10.2. The van der Waals surface area contributed by atoms with Gasteiger partial charge in [-0.25, -0.2) is 4.98 Å². The van der Waals surface area contributed by atoms with E-state index in [1.54, 1.807) is 7.11 Å². The van der Waals surface area contributed by atoms with E-state index in [9.17, 15) is 4.79 Å². The van der Waals surface area contributed by atoms with Crippen LogP contribution in [0.2, 0.25) is 0 Å². The Hall–Kier alpha value is -3.02. The number of nitrogens with zero attached hydrogens (tertiary/aromatic N) is 2. The molecule has 0 saturated heterocycles. The summed E-state index contributed by atoms with van der Waals surface area (Å²) in [7, 11) is 1.65. The van der Waals surface area contributed by atoms with Crippen molar-refractivity contribution in [1.82, 2.24) is 14.9 Å². The standard InChI is InChI=1S/C25H31N3O3/c1-30-22-11-6-7-12-23(22)31-18-17-28-21-10-5-4-9-20(21)27-24(28)13-3-2-8-16-26-25(29)19-14-15-19/h4-7,9-12,19H,2-3,8,13-18H2,1H3,(H,26,29). The summed E-state index contributed by atoms with van der Waals surface area (Å²) in [6, 6.07) is 16.0. The minimum atomic E-state index is 0.233. The summed E-state index contributed by atoms with van der Waals surface area (Å²) in [6.07, 6.45) is 6.17. The number of imidazole rings is 1. The van der Waals surface area contributed by atoms with Crippen LogP contribution in [0.5, 0.6) is 11.5 Å². The number of unbranched alkanes of at least 4 members (excludes halogenated alkanes) is 2. The number of carbonyl (C=O) groups is 1. The summed E-state index contributed by atoms with van der Waals surface area (Å²) in [5.74, 6) is 3.11. The molecule has 6 heteroatoms. The fraction of sp³-hybridized carbons (Fsp3) is 0.440. The summed E-state index contributed by atoms with van der Waals surface area (Å²) in [6.45, 7) is 2.05. The summed E-state index contributed by atoms with van der Waals surface area (Å²) in [5, 5.41) is 3.04. The SMILES string of the molecule is COc1ccccc1OCCn1c(CCCCCNC(=O)C2CC2)nc2ccccc21. The van der Waals surface area contributed by atoms with Crippen molar-refractivity contribution in [3.63, 3.8) is 0 Å². The third kappa shape index (κ3) is 5.57. The first-order valence-corrected chi connectivity index (χ1v) is 11.2. The molecule has 1 amide bonds. The van der Waals surface area contributed by atoms with Gasteiger partial charge < -0.3 is 19.4 Å². The van der Waals surface area contributed by atoms with Crippen LogP contribution in [-0.4, -0.2) is 35.7 Å². The van der Waals surface area contributed by atoms with Gasteiger partial charge in [-0.1, -0.05) is 30.7 Å². The first kappa shape index (κ1) is 21.2. The van der Waals surface area contributed by atoms with Crippen LogP contribution < -0.4 is 14.8 Å². The molecule has 4 rings (SSSR count). The Morgan fingerprint density at radius 3 is 2.65 bits per heavy atom. The van der Waals surface area contributed by atoms with Gasteiger partial charge in [0.05, 0.1) is 24.7 Å². The lowest BCUT2D eigenvalue weighted by Gasteiger charge is -2.13. The molecule has 1 fully saturated rings. The Morgan fingerprint density at radius 2 is 1.84 bits per heavy atom. The molecule has 1 aromatic heterocycles. The number of aromatic nitrogens is 2. The van der Waals surface area contributed by atoms with Crippen molar-refractivity contribution in [2.75, 3.05) is 20.3 Å². The van der Waals surface area contributed by atoms with Gasteiger partial charge in [-0.3, -0.25) is 4.79 Å². The molecule has 3 aromatic rings. The van der Waals surface area contributed by atoms with Crippen molar-refractivity contribution in [3.8, 4) is 11.5 Å². The van der Waals surface area contributed by atoms with Crippen molar-refractivity contribution >= 4 is 16.9 Å². The first-order chi connectivity index (χ1) is 15.3. The van der Waals surface area contributed by atoms with Gasteiger partial charge in [0, 0.05) is 18.9 Å². The van der Waals surface area contributed by atoms with Gasteiger partial charge in [-0.15, -0.1) is 0 Å². The van der Waals surface area contributed by atoms with Gasteiger partial charge in [0.15, 0.2) is 11.5 Å². The molecule has 0 bridgehead atoms. The first-order valence-electron chi connectivity index (χ1n) is 11.2. The maximum Gasteiger partial charge on any atom is 0.223 e. The maximum absolute atomic E-state index is 11.7. The second-order valence-corrected chi connectivity index (χ2v) is 8.04. The Balaban J connectivity index is 1.31. The largest absolute Gasteiger partial charge is 0.493 e. The second-order valence-electron chi connectivity index (χ2n) is 8.04. The van der Waals surface area contributed by atoms with E-state index in [1.807, 2.05) is 36.4 Å². The third-order valence-electron chi connectivity index (χ3n) is 5.70. The van der Waals surface area contributed by atoms with Crippen LogP contribution in [0.4, 0.5) is 0 Å². The van der Waals surface area contributed by atoms with Gasteiger partial charge in [0.2, 0.25) is 5.91 Å². The summed E-state index contributed by atoms with van der Waals surface area (Å²) in [4.78, 5) is 16.6. The van der Waals surface area contributed by atoms with E-state index in [-0.39, 0.29) is 11.8 Å². The van der Waals surface area contributed by atoms with E-state index < -0.39 is 0 Å². The van der Waals surface area contributed by atoms with Crippen LogP contribution >= 0.6 is 0 Å². The number of fused-ring (bicyclic) bond motifs is 1. The zero-order valence-corrected chi connectivity index (χ0v) is 18.2. The van der Waals surface area contributed by atoms with Gasteiger partial charge in [0.25, 0.3) is 0 Å². The number of hydrogen-bond acceptors (Lipinski definition) is 4. The van der Waals surface area contributed by atoms with Gasteiger partial charge in [-0.05, 0) is 49.9 Å². The number of benzene rings is 2. The number of ether oxygens (including phenoxy) is 2. The van der Waals surface area contributed by atoms with Crippen LogP contribution in [0.3, 0.4) is 0 Å². The predicted molar refractivity (Wildman–Crippen MR) is 122 cm³/mol. The summed E-state index contributed by atoms with van der Waals surface area (Å²) in [5.41, 5.74) is 2.16. The van der Waals surface area contributed by atoms with Crippen molar-refractivity contribution in [3.05, 3.63) is 54.4 Å². The number of aryl methyl sites for hydroxylation is 1. The molecule has 0 atom stereocenters. The number of para-hydroxylation sites is 4. The minimum Gasteiger partial charge on any atom is -0.493 e. The Bertz CT molecular complexity index is 1010. The van der Waals surface area contributed by atoms with Crippen molar-refractivity contribution in [2.24, 2.45) is 5.92 Å². The molecular weight excluding hydrogens is 390 g/mol. The maximum atomic E-state index is 11.7. The molecule has 0 spiro atoms. The van der Waals surface area contributed by atoms with Crippen LogP contribution in [0.25, 0.3) is 11.0 Å². The highest BCUT2D eigenvalue weighted by molar-refractivity contribution is 5.80. The number of amides is 1. The second kappa shape index (κ2) is 10.3. The molecule has 1 aliphatic rings. The van der Waals surface area contributed by atoms with Gasteiger partial charge in [-0.2, -0.15) is 0 Å². The van der Waals surface area contributed by atoms with Crippen molar-refractivity contribution in [2.45, 2.75) is 45.1 Å². The van der Waals surface area contributed by atoms with E-state index in [0.717, 1.165) is 80.0 Å². The van der Waals surface area contributed by atoms with E-state index >= 15 is 0 Å². The van der Waals surface area contributed by atoms with Crippen LogP contribution in [0.1, 0.15) is 37.9 Å². The highest BCUT2D eigenvalue weighted by Crippen LogP contribution is 2.28. The molecule has 1 saturated carbocycles. The molecule has 0 radical (unpaired) electrons. The van der Waals surface area contributed by atoms with Gasteiger partial charge in [0.1, 0.15) is 12.4 Å². The molecule has 0 aliphatic heterocycles. The van der Waals surface area contributed by atoms with E-state index in [1.165, 1.54) is 0 Å². The van der Waals surface area contributed by atoms with E-state index in [4.69, 9.17) is 14.5 Å². The highest BCUT2D eigenvalue weighted by atomic mass is 16.5. The van der Waals surface area contributed by atoms with Crippen LogP contribution in [0, 0.1) is 5.92 Å². The Kier molecular flexibility index (Phi) is 7.07. The quantitative estimate of drug-likeness (QED) is 0.441. The zero-order valence-electron chi connectivity index (χ0n) is 18.2. The Labute approximate surface area is 183 Å². The predicted octanol–water partition coefficient (Wildman–Crippen LogP) is 4.36. The molecule has 1 heterocycles. The molecule has 2 aromatic carbocycles. The molecule has 0 unspecified atom stereocenters. The minimum absolute atomic E-state index is 0.233.